The number of phenols is 1. The molecule has 7 heteroatoms. The Balaban J connectivity index is 1.61. The summed E-state index contributed by atoms with van der Waals surface area (Å²) in [5.41, 5.74) is 3.00. The normalized spacial score (nSPS) is 29.6. The first kappa shape index (κ1) is 25.9. The van der Waals surface area contributed by atoms with Gasteiger partial charge in [0.15, 0.2) is 0 Å². The second-order valence-electron chi connectivity index (χ2n) is 11.0. The van der Waals surface area contributed by atoms with Gasteiger partial charge < -0.3 is 20.4 Å². The molecular formula is C27H45N3O4. The predicted molar refractivity (Wildman–Crippen MR) is 133 cm³/mol. The summed E-state index contributed by atoms with van der Waals surface area (Å²) in [7, 11) is 0. The van der Waals surface area contributed by atoms with Gasteiger partial charge in [0.2, 0.25) is 0 Å². The SMILES string of the molecule is CC(O)C1CCCN1Cc1cc(CN2CCCC2C(C)O)c(O)c(CN2CCCC2C(C)O)c1. The maximum absolute atomic E-state index is 11.4. The van der Waals surface area contributed by atoms with Crippen LogP contribution < -0.4 is 0 Å². The number of rotatable bonds is 9. The minimum absolute atomic E-state index is 0.128. The highest BCUT2D eigenvalue weighted by atomic mass is 16.3. The minimum Gasteiger partial charge on any atom is -0.507 e. The van der Waals surface area contributed by atoms with Crippen LogP contribution in [0.2, 0.25) is 0 Å². The van der Waals surface area contributed by atoms with Crippen LogP contribution >= 0.6 is 0 Å². The van der Waals surface area contributed by atoms with Gasteiger partial charge in [-0.2, -0.15) is 0 Å². The molecule has 3 aliphatic heterocycles. The van der Waals surface area contributed by atoms with Gasteiger partial charge in [-0.3, -0.25) is 14.7 Å². The highest BCUT2D eigenvalue weighted by Crippen LogP contribution is 2.33. The average Bonchev–Trinajstić information content (AvgIpc) is 3.52. The lowest BCUT2D eigenvalue weighted by Gasteiger charge is -2.30. The molecule has 1 aromatic rings. The number of hydrogen-bond donors (Lipinski definition) is 4. The fourth-order valence-corrected chi connectivity index (χ4v) is 6.62. The zero-order valence-corrected chi connectivity index (χ0v) is 21.2. The summed E-state index contributed by atoms with van der Waals surface area (Å²) in [5, 5.41) is 42.1. The quantitative estimate of drug-likeness (QED) is 0.436. The first-order valence-electron chi connectivity index (χ1n) is 13.3. The second kappa shape index (κ2) is 11.2. The molecule has 1 aromatic carbocycles. The van der Waals surface area contributed by atoms with Crippen LogP contribution in [0.4, 0.5) is 0 Å². The highest BCUT2D eigenvalue weighted by Gasteiger charge is 2.32. The van der Waals surface area contributed by atoms with Gasteiger partial charge in [-0.05, 0) is 96.6 Å². The van der Waals surface area contributed by atoms with Gasteiger partial charge >= 0.3 is 0 Å². The molecular weight excluding hydrogens is 430 g/mol. The monoisotopic (exact) mass is 475 g/mol. The molecule has 3 heterocycles. The Hall–Kier alpha value is -1.22. The largest absolute Gasteiger partial charge is 0.507 e. The third-order valence-corrected chi connectivity index (χ3v) is 8.37. The fraction of sp³-hybridized carbons (Fsp3) is 0.778. The topological polar surface area (TPSA) is 90.6 Å². The van der Waals surface area contributed by atoms with Crippen LogP contribution in [0.25, 0.3) is 0 Å². The van der Waals surface area contributed by atoms with Crippen LogP contribution in [-0.4, -0.2) is 91.2 Å². The molecule has 0 aromatic heterocycles. The molecule has 6 unspecified atom stereocenters. The lowest BCUT2D eigenvalue weighted by atomic mass is 10.0. The van der Waals surface area contributed by atoms with Crippen molar-refractivity contribution in [1.82, 2.24) is 14.7 Å². The molecule has 3 fully saturated rings. The Labute approximate surface area is 205 Å². The van der Waals surface area contributed by atoms with Crippen molar-refractivity contribution < 1.29 is 20.4 Å². The number of phenolic OH excluding ortho intramolecular Hbond substituents is 1. The summed E-state index contributed by atoms with van der Waals surface area (Å²) in [5.74, 6) is 0.352. The molecule has 0 radical (unpaired) electrons. The van der Waals surface area contributed by atoms with Crippen molar-refractivity contribution in [3.05, 3.63) is 28.8 Å². The Morgan fingerprint density at radius 3 is 1.38 bits per heavy atom. The summed E-state index contributed by atoms with van der Waals surface area (Å²) in [6.07, 6.45) is 5.08. The summed E-state index contributed by atoms with van der Waals surface area (Å²) in [4.78, 5) is 6.97. The maximum Gasteiger partial charge on any atom is 0.124 e. The molecule has 4 N–H and O–H groups in total. The Bertz CT molecular complexity index is 766. The van der Waals surface area contributed by atoms with Gasteiger partial charge in [0.1, 0.15) is 5.75 Å². The highest BCUT2D eigenvalue weighted by molar-refractivity contribution is 5.44. The van der Waals surface area contributed by atoms with Gasteiger partial charge in [0.25, 0.3) is 0 Å². The van der Waals surface area contributed by atoms with Crippen molar-refractivity contribution in [2.45, 2.75) is 115 Å². The predicted octanol–water partition coefficient (Wildman–Crippen LogP) is 2.43. The van der Waals surface area contributed by atoms with Gasteiger partial charge in [0.05, 0.1) is 18.3 Å². The van der Waals surface area contributed by atoms with E-state index in [2.05, 4.69) is 26.8 Å². The Morgan fingerprint density at radius 1 is 0.676 bits per heavy atom. The van der Waals surface area contributed by atoms with Crippen molar-refractivity contribution in [3.8, 4) is 5.75 Å². The van der Waals surface area contributed by atoms with Crippen LogP contribution in [0.15, 0.2) is 12.1 Å². The molecule has 3 saturated heterocycles. The van der Waals surface area contributed by atoms with Gasteiger partial charge in [-0.1, -0.05) is 0 Å². The van der Waals surface area contributed by atoms with Crippen LogP contribution in [0.3, 0.4) is 0 Å². The maximum atomic E-state index is 11.4. The van der Waals surface area contributed by atoms with E-state index in [4.69, 9.17) is 0 Å². The molecule has 6 atom stereocenters. The van der Waals surface area contributed by atoms with Crippen LogP contribution in [0, 0.1) is 0 Å². The van der Waals surface area contributed by atoms with E-state index in [9.17, 15) is 20.4 Å². The average molecular weight is 476 g/mol. The molecule has 0 aliphatic carbocycles. The summed E-state index contributed by atoms with van der Waals surface area (Å²) >= 11 is 0. The van der Waals surface area contributed by atoms with Crippen molar-refractivity contribution in [3.63, 3.8) is 0 Å². The number of aromatic hydroxyl groups is 1. The Kier molecular flexibility index (Phi) is 8.54. The molecule has 34 heavy (non-hydrogen) atoms. The standard InChI is InChI=1S/C27H45N3O4/c1-18(31)24-7-4-10-28(24)15-21-13-22(16-29-11-5-8-25(29)19(2)32)27(34)23(14-21)17-30-12-6-9-26(30)20(3)33/h13-14,18-20,24-26,31-34H,4-12,15-17H2,1-3H3. The van der Waals surface area contributed by atoms with Crippen molar-refractivity contribution in [2.75, 3.05) is 19.6 Å². The minimum atomic E-state index is -0.389. The van der Waals surface area contributed by atoms with E-state index in [1.807, 2.05) is 20.8 Å². The summed E-state index contributed by atoms with van der Waals surface area (Å²) in [6.45, 7) is 10.5. The third-order valence-electron chi connectivity index (χ3n) is 8.37. The smallest absolute Gasteiger partial charge is 0.124 e. The Morgan fingerprint density at radius 2 is 1.03 bits per heavy atom. The molecule has 0 amide bonds. The van der Waals surface area contributed by atoms with Crippen LogP contribution in [-0.2, 0) is 19.6 Å². The summed E-state index contributed by atoms with van der Waals surface area (Å²) in [6, 6.07) is 4.69. The number of aliphatic hydroxyl groups is 3. The van der Waals surface area contributed by atoms with E-state index in [1.54, 1.807) is 0 Å². The fourth-order valence-electron chi connectivity index (χ4n) is 6.62. The van der Waals surface area contributed by atoms with Crippen LogP contribution in [0.5, 0.6) is 5.75 Å². The van der Waals surface area contributed by atoms with Gasteiger partial charge in [-0.15, -0.1) is 0 Å². The van der Waals surface area contributed by atoms with E-state index < -0.39 is 0 Å². The molecule has 4 rings (SSSR count). The first-order valence-corrected chi connectivity index (χ1v) is 13.3. The van der Waals surface area contributed by atoms with Crippen molar-refractivity contribution >= 4 is 0 Å². The summed E-state index contributed by atoms with van der Waals surface area (Å²) < 4.78 is 0. The lowest BCUT2D eigenvalue weighted by Crippen LogP contribution is -2.38. The second-order valence-corrected chi connectivity index (χ2v) is 11.0. The number of nitrogens with zero attached hydrogens (tertiary/aromatic N) is 3. The van der Waals surface area contributed by atoms with Gasteiger partial charge in [-0.25, -0.2) is 0 Å². The molecule has 0 bridgehead atoms. The van der Waals surface area contributed by atoms with E-state index in [1.165, 1.54) is 0 Å². The van der Waals surface area contributed by atoms with Crippen molar-refractivity contribution in [2.24, 2.45) is 0 Å². The van der Waals surface area contributed by atoms with Crippen LogP contribution in [0.1, 0.15) is 76.0 Å². The molecule has 3 aliphatic rings. The number of aliphatic hydroxyl groups excluding tert-OH is 3. The number of benzene rings is 1. The zero-order chi connectivity index (χ0) is 24.4. The molecule has 0 spiro atoms. The zero-order valence-electron chi connectivity index (χ0n) is 21.2. The third kappa shape index (κ3) is 5.77. The van der Waals surface area contributed by atoms with Crippen molar-refractivity contribution in [1.29, 1.82) is 0 Å². The van der Waals surface area contributed by atoms with Gasteiger partial charge in [0, 0.05) is 48.9 Å². The molecule has 7 nitrogen and oxygen atoms in total. The van der Waals surface area contributed by atoms with E-state index >= 15 is 0 Å². The van der Waals surface area contributed by atoms with E-state index in [0.29, 0.717) is 18.8 Å². The molecule has 0 saturated carbocycles. The van der Waals surface area contributed by atoms with E-state index in [-0.39, 0.29) is 36.4 Å². The number of likely N-dealkylation sites (tertiary alicyclic amines) is 3. The lowest BCUT2D eigenvalue weighted by molar-refractivity contribution is 0.0803. The molecule has 192 valence electrons. The van der Waals surface area contributed by atoms with E-state index in [0.717, 1.165) is 81.4 Å². The first-order chi connectivity index (χ1) is 16.2. The number of hydrogen-bond acceptors (Lipinski definition) is 7.